The molecule has 0 aliphatic carbocycles. The topological polar surface area (TPSA) is 87.8 Å². The molecule has 0 aliphatic rings. The Bertz CT molecular complexity index is 1170. The number of aromatic carboxylic acids is 1. The number of thiophene rings is 1. The minimum atomic E-state index is -0.946. The summed E-state index contributed by atoms with van der Waals surface area (Å²) in [6.45, 7) is 2.40. The van der Waals surface area contributed by atoms with Crippen LogP contribution in [0.25, 0.3) is 20.7 Å². The first-order chi connectivity index (χ1) is 13.6. The highest BCUT2D eigenvalue weighted by atomic mass is 32.1. The number of aromatic nitrogens is 2. The van der Waals surface area contributed by atoms with Crippen molar-refractivity contribution in [1.29, 1.82) is 0 Å². The molecule has 0 amide bonds. The van der Waals surface area contributed by atoms with Crippen LogP contribution in [0.3, 0.4) is 0 Å². The zero-order valence-electron chi connectivity index (χ0n) is 15.0. The average molecular weight is 388 g/mol. The van der Waals surface area contributed by atoms with E-state index in [1.165, 1.54) is 6.33 Å². The molecular formula is C21H16N4O2S. The summed E-state index contributed by atoms with van der Waals surface area (Å²) in [5.41, 5.74) is 4.27. The van der Waals surface area contributed by atoms with Gasteiger partial charge in [-0.3, -0.25) is 0 Å². The number of hydrogen-bond donors (Lipinski definition) is 1. The first-order valence-corrected chi connectivity index (χ1v) is 9.44. The number of benzene rings is 2. The predicted molar refractivity (Wildman–Crippen MR) is 109 cm³/mol. The summed E-state index contributed by atoms with van der Waals surface area (Å²) in [4.78, 5) is 20.8. The third-order valence-corrected chi connectivity index (χ3v) is 5.67. The largest absolute Gasteiger partial charge is 0.478 e. The normalized spacial score (nSPS) is 11.3. The molecule has 0 aliphatic heterocycles. The number of nitrogens with zero attached hydrogens (tertiary/aromatic N) is 4. The van der Waals surface area contributed by atoms with Gasteiger partial charge in [0, 0.05) is 4.88 Å². The highest BCUT2D eigenvalue weighted by Crippen LogP contribution is 2.40. The molecule has 2 aromatic carbocycles. The lowest BCUT2D eigenvalue weighted by molar-refractivity contribution is 0.0697. The third-order valence-electron chi connectivity index (χ3n) is 4.34. The molecule has 2 aromatic heterocycles. The number of azo groups is 1. The molecule has 7 heteroatoms. The Balaban J connectivity index is 1.62. The van der Waals surface area contributed by atoms with Crippen LogP contribution in [0, 0.1) is 6.92 Å². The maximum atomic E-state index is 10.9. The van der Waals surface area contributed by atoms with E-state index in [0.29, 0.717) is 12.4 Å². The van der Waals surface area contributed by atoms with Crippen LogP contribution >= 0.6 is 11.3 Å². The van der Waals surface area contributed by atoms with Gasteiger partial charge in [0.1, 0.15) is 11.0 Å². The molecule has 0 atom stereocenters. The van der Waals surface area contributed by atoms with E-state index in [1.54, 1.807) is 35.6 Å². The first kappa shape index (κ1) is 17.9. The van der Waals surface area contributed by atoms with Crippen molar-refractivity contribution in [1.82, 2.24) is 9.97 Å². The molecule has 0 bridgehead atoms. The number of carboxylic acids is 1. The molecule has 1 N–H and O–H groups in total. The second-order valence-electron chi connectivity index (χ2n) is 6.20. The average Bonchev–Trinajstić information content (AvgIpc) is 3.07. The number of hydrogen-bond acceptors (Lipinski definition) is 6. The van der Waals surface area contributed by atoms with Gasteiger partial charge in [-0.15, -0.1) is 16.5 Å². The van der Waals surface area contributed by atoms with Gasteiger partial charge in [0.25, 0.3) is 0 Å². The number of carboxylic acid groups (broad SMARTS) is 1. The summed E-state index contributed by atoms with van der Waals surface area (Å²) >= 11 is 1.61. The third kappa shape index (κ3) is 3.52. The second-order valence-corrected chi connectivity index (χ2v) is 7.22. The molecule has 0 saturated carbocycles. The fourth-order valence-electron chi connectivity index (χ4n) is 2.88. The van der Waals surface area contributed by atoms with Gasteiger partial charge < -0.3 is 5.11 Å². The lowest BCUT2D eigenvalue weighted by Gasteiger charge is -1.98. The Morgan fingerprint density at radius 3 is 2.54 bits per heavy atom. The van der Waals surface area contributed by atoms with Gasteiger partial charge in [0.2, 0.25) is 0 Å². The summed E-state index contributed by atoms with van der Waals surface area (Å²) in [5, 5.41) is 17.5. The fourth-order valence-corrected chi connectivity index (χ4v) is 4.08. The van der Waals surface area contributed by atoms with Crippen molar-refractivity contribution in [2.45, 2.75) is 13.5 Å². The maximum Gasteiger partial charge on any atom is 0.335 e. The SMILES string of the molecule is Cc1c(-c2ccccc2)sc2c(N=NCc3ccc(C(=O)O)cc3)ncnc12. The Kier molecular flexibility index (Phi) is 4.90. The number of carbonyl (C=O) groups is 1. The van der Waals surface area contributed by atoms with E-state index < -0.39 is 5.97 Å². The summed E-state index contributed by atoms with van der Waals surface area (Å²) in [5.74, 6) is -0.402. The van der Waals surface area contributed by atoms with Crippen molar-refractivity contribution in [3.8, 4) is 10.4 Å². The van der Waals surface area contributed by atoms with Crippen molar-refractivity contribution >= 4 is 33.3 Å². The van der Waals surface area contributed by atoms with Crippen LogP contribution in [0.4, 0.5) is 5.82 Å². The van der Waals surface area contributed by atoms with Crippen molar-refractivity contribution < 1.29 is 9.90 Å². The molecule has 0 saturated heterocycles. The number of fused-ring (bicyclic) bond motifs is 1. The molecule has 0 fully saturated rings. The number of rotatable bonds is 5. The van der Waals surface area contributed by atoms with E-state index in [-0.39, 0.29) is 5.56 Å². The fraction of sp³-hybridized carbons (Fsp3) is 0.0952. The quantitative estimate of drug-likeness (QED) is 0.448. The predicted octanol–water partition coefficient (Wildman–Crippen LogP) is 5.65. The van der Waals surface area contributed by atoms with E-state index in [0.717, 1.165) is 31.8 Å². The van der Waals surface area contributed by atoms with Crippen LogP contribution in [-0.4, -0.2) is 21.0 Å². The van der Waals surface area contributed by atoms with Gasteiger partial charge in [-0.2, -0.15) is 5.11 Å². The molecule has 138 valence electrons. The zero-order valence-corrected chi connectivity index (χ0v) is 15.8. The van der Waals surface area contributed by atoms with E-state index in [9.17, 15) is 4.79 Å². The Hall–Kier alpha value is -3.45. The Morgan fingerprint density at radius 2 is 1.82 bits per heavy atom. The lowest BCUT2D eigenvalue weighted by Crippen LogP contribution is -1.95. The monoisotopic (exact) mass is 388 g/mol. The molecule has 4 rings (SSSR count). The summed E-state index contributed by atoms with van der Waals surface area (Å²) < 4.78 is 0.906. The van der Waals surface area contributed by atoms with E-state index in [2.05, 4.69) is 39.3 Å². The molecule has 0 spiro atoms. The highest BCUT2D eigenvalue weighted by molar-refractivity contribution is 7.23. The van der Waals surface area contributed by atoms with Crippen molar-refractivity contribution in [3.63, 3.8) is 0 Å². The molecule has 0 radical (unpaired) electrons. The van der Waals surface area contributed by atoms with Crippen LogP contribution in [0.5, 0.6) is 0 Å². The van der Waals surface area contributed by atoms with Gasteiger partial charge >= 0.3 is 5.97 Å². The minimum absolute atomic E-state index is 0.251. The van der Waals surface area contributed by atoms with E-state index >= 15 is 0 Å². The molecule has 6 nitrogen and oxygen atoms in total. The van der Waals surface area contributed by atoms with Crippen molar-refractivity contribution in [3.05, 3.63) is 77.6 Å². The minimum Gasteiger partial charge on any atom is -0.478 e. The van der Waals surface area contributed by atoms with E-state index in [1.807, 2.05) is 18.2 Å². The lowest BCUT2D eigenvalue weighted by atomic mass is 10.1. The van der Waals surface area contributed by atoms with Gasteiger partial charge in [-0.05, 0) is 35.7 Å². The first-order valence-electron chi connectivity index (χ1n) is 8.63. The van der Waals surface area contributed by atoms with Gasteiger partial charge in [0.15, 0.2) is 5.82 Å². The molecule has 28 heavy (non-hydrogen) atoms. The molecular weight excluding hydrogens is 372 g/mol. The number of aryl methyl sites for hydroxylation is 1. The highest BCUT2D eigenvalue weighted by Gasteiger charge is 2.14. The summed E-state index contributed by atoms with van der Waals surface area (Å²) in [7, 11) is 0. The second kappa shape index (κ2) is 7.66. The van der Waals surface area contributed by atoms with Gasteiger partial charge in [-0.25, -0.2) is 14.8 Å². The zero-order chi connectivity index (χ0) is 19.5. The van der Waals surface area contributed by atoms with Crippen LogP contribution in [0.1, 0.15) is 21.5 Å². The Morgan fingerprint density at radius 1 is 1.07 bits per heavy atom. The van der Waals surface area contributed by atoms with Crippen LogP contribution < -0.4 is 0 Å². The molecule has 0 unspecified atom stereocenters. The van der Waals surface area contributed by atoms with Crippen molar-refractivity contribution in [2.75, 3.05) is 0 Å². The van der Waals surface area contributed by atoms with Crippen LogP contribution in [-0.2, 0) is 6.54 Å². The maximum absolute atomic E-state index is 10.9. The van der Waals surface area contributed by atoms with E-state index in [4.69, 9.17) is 5.11 Å². The molecule has 2 heterocycles. The van der Waals surface area contributed by atoms with Crippen molar-refractivity contribution in [2.24, 2.45) is 10.2 Å². The van der Waals surface area contributed by atoms with Crippen LogP contribution in [0.15, 0.2) is 71.2 Å². The Labute approximate surface area is 165 Å². The standard InChI is InChI=1S/C21H16N4O2S/c1-13-17-19(28-18(13)15-5-3-2-4-6-15)20(23-12-22-17)25-24-11-14-7-9-16(10-8-14)21(26)27/h2-10,12H,11H2,1H3,(H,26,27). The van der Waals surface area contributed by atoms with Gasteiger partial charge in [0.05, 0.1) is 17.6 Å². The smallest absolute Gasteiger partial charge is 0.335 e. The molecule has 4 aromatic rings. The van der Waals surface area contributed by atoms with Crippen LogP contribution in [0.2, 0.25) is 0 Å². The summed E-state index contributed by atoms with van der Waals surface area (Å²) in [6, 6.07) is 16.8. The summed E-state index contributed by atoms with van der Waals surface area (Å²) in [6.07, 6.45) is 1.51. The van der Waals surface area contributed by atoms with Gasteiger partial charge in [-0.1, -0.05) is 42.5 Å².